The highest BCUT2D eigenvalue weighted by molar-refractivity contribution is 5.90. The number of nitrogens with one attached hydrogen (secondary N) is 3. The molecule has 0 aromatic carbocycles. The summed E-state index contributed by atoms with van der Waals surface area (Å²) in [6.07, 6.45) is 3.08. The van der Waals surface area contributed by atoms with Crippen molar-refractivity contribution >= 4 is 17.8 Å². The quantitative estimate of drug-likeness (QED) is 0.389. The van der Waals surface area contributed by atoms with Crippen LogP contribution >= 0.6 is 0 Å². The van der Waals surface area contributed by atoms with Crippen LogP contribution in [0.3, 0.4) is 0 Å². The van der Waals surface area contributed by atoms with Gasteiger partial charge < -0.3 is 26.5 Å². The van der Waals surface area contributed by atoms with Gasteiger partial charge in [0.15, 0.2) is 0 Å². The van der Waals surface area contributed by atoms with E-state index in [1.165, 1.54) is 19.4 Å². The summed E-state index contributed by atoms with van der Waals surface area (Å²) >= 11 is 0. The summed E-state index contributed by atoms with van der Waals surface area (Å²) in [4.78, 5) is 40.9. The molecule has 21 heavy (non-hydrogen) atoms. The van der Waals surface area contributed by atoms with E-state index in [1.807, 2.05) is 0 Å². The van der Waals surface area contributed by atoms with Gasteiger partial charge in [0.2, 0.25) is 11.8 Å². The minimum atomic E-state index is -1.17. The van der Waals surface area contributed by atoms with Crippen LogP contribution in [0.1, 0.15) is 19.0 Å². The summed E-state index contributed by atoms with van der Waals surface area (Å²) in [5.74, 6) is -2.11. The number of hydrogen-bond acceptors (Lipinski definition) is 5. The number of aliphatic carboxylic acids is 1. The molecule has 2 amide bonds. The van der Waals surface area contributed by atoms with Crippen molar-refractivity contribution in [1.29, 1.82) is 0 Å². The number of carbonyl (C=O) groups is 3. The second kappa shape index (κ2) is 8.00. The molecule has 0 aliphatic carbocycles. The van der Waals surface area contributed by atoms with E-state index in [0.29, 0.717) is 5.69 Å². The lowest BCUT2D eigenvalue weighted by Gasteiger charge is -2.18. The van der Waals surface area contributed by atoms with E-state index < -0.39 is 24.0 Å². The number of nitrogens with two attached hydrogens (primary N) is 1. The Balaban J connectivity index is 2.55. The maximum Gasteiger partial charge on any atom is 0.326 e. The van der Waals surface area contributed by atoms with Crippen LogP contribution in [-0.2, 0) is 20.8 Å². The summed E-state index contributed by atoms with van der Waals surface area (Å²) in [7, 11) is 0. The molecule has 0 spiro atoms. The number of hydrogen-bond donors (Lipinski definition) is 5. The van der Waals surface area contributed by atoms with Crippen LogP contribution in [0.15, 0.2) is 12.5 Å². The van der Waals surface area contributed by atoms with Crippen LogP contribution in [0.2, 0.25) is 0 Å². The van der Waals surface area contributed by atoms with Gasteiger partial charge in [-0.15, -0.1) is 0 Å². The van der Waals surface area contributed by atoms with Crippen LogP contribution in [0.25, 0.3) is 0 Å². The molecule has 0 saturated carbocycles. The number of amides is 2. The van der Waals surface area contributed by atoms with Gasteiger partial charge in [0.25, 0.3) is 0 Å². The zero-order valence-corrected chi connectivity index (χ0v) is 11.6. The Bertz CT molecular complexity index is 488. The highest BCUT2D eigenvalue weighted by Crippen LogP contribution is 1.99. The molecule has 0 saturated heterocycles. The topological polar surface area (TPSA) is 150 Å². The Morgan fingerprint density at radius 2 is 2.14 bits per heavy atom. The maximum absolute atomic E-state index is 11.9. The minimum absolute atomic E-state index is 0.0739. The lowest BCUT2D eigenvalue weighted by molar-refractivity contribution is -0.142. The molecule has 1 rings (SSSR count). The third kappa shape index (κ3) is 5.61. The molecular weight excluding hydrogens is 278 g/mol. The number of carboxylic acid groups (broad SMARTS) is 1. The van der Waals surface area contributed by atoms with Crippen LogP contribution in [0.4, 0.5) is 0 Å². The molecule has 116 valence electrons. The SMILES string of the molecule is C[C@H](NC(=O)CCN)C(=O)N[C@@H](Cc1cnc[nH]1)C(=O)O. The molecule has 0 aliphatic heterocycles. The van der Waals surface area contributed by atoms with E-state index in [-0.39, 0.29) is 25.3 Å². The fourth-order valence-electron chi connectivity index (χ4n) is 1.62. The first-order valence-electron chi connectivity index (χ1n) is 6.44. The van der Waals surface area contributed by atoms with Crippen molar-refractivity contribution < 1.29 is 19.5 Å². The number of imidazole rings is 1. The van der Waals surface area contributed by atoms with Crippen molar-refractivity contribution in [1.82, 2.24) is 20.6 Å². The Kier molecular flexibility index (Phi) is 6.34. The van der Waals surface area contributed by atoms with Gasteiger partial charge in [-0.25, -0.2) is 9.78 Å². The highest BCUT2D eigenvalue weighted by atomic mass is 16.4. The predicted octanol–water partition coefficient (Wildman–Crippen LogP) is -1.62. The Labute approximate surface area is 121 Å². The fourth-order valence-corrected chi connectivity index (χ4v) is 1.62. The normalized spacial score (nSPS) is 13.2. The average molecular weight is 297 g/mol. The van der Waals surface area contributed by atoms with Crippen LogP contribution in [0, 0.1) is 0 Å². The Morgan fingerprint density at radius 3 is 2.67 bits per heavy atom. The van der Waals surface area contributed by atoms with Gasteiger partial charge in [-0.2, -0.15) is 0 Å². The van der Waals surface area contributed by atoms with Crippen molar-refractivity contribution in [2.24, 2.45) is 5.73 Å². The molecular formula is C12H19N5O4. The number of carboxylic acids is 1. The first-order valence-corrected chi connectivity index (χ1v) is 6.44. The standard InChI is InChI=1S/C12H19N5O4/c1-7(16-10(18)2-3-13)11(19)17-9(12(20)21)4-8-5-14-6-15-8/h5-7,9H,2-4,13H2,1H3,(H,14,15)(H,16,18)(H,17,19)(H,20,21)/t7-,9-/m0/s1. The zero-order valence-electron chi connectivity index (χ0n) is 11.6. The van der Waals surface area contributed by atoms with Crippen molar-refractivity contribution in [3.8, 4) is 0 Å². The molecule has 9 heteroatoms. The average Bonchev–Trinajstić information content (AvgIpc) is 2.90. The molecule has 0 aliphatic rings. The lowest BCUT2D eigenvalue weighted by Crippen LogP contribution is -2.51. The van der Waals surface area contributed by atoms with Gasteiger partial charge in [0.1, 0.15) is 12.1 Å². The van der Waals surface area contributed by atoms with Crippen LogP contribution in [0.5, 0.6) is 0 Å². The molecule has 9 nitrogen and oxygen atoms in total. The second-order valence-electron chi connectivity index (χ2n) is 4.51. The summed E-state index contributed by atoms with van der Waals surface area (Å²) < 4.78 is 0. The summed E-state index contributed by atoms with van der Waals surface area (Å²) in [5.41, 5.74) is 5.81. The molecule has 6 N–H and O–H groups in total. The molecule has 2 atom stereocenters. The molecule has 1 aromatic rings. The largest absolute Gasteiger partial charge is 0.480 e. The molecule has 0 fully saturated rings. The Hall–Kier alpha value is -2.42. The lowest BCUT2D eigenvalue weighted by atomic mass is 10.1. The van der Waals surface area contributed by atoms with Crippen molar-refractivity contribution in [3.05, 3.63) is 18.2 Å². The summed E-state index contributed by atoms with van der Waals surface area (Å²) in [6, 6.07) is -1.94. The first-order chi connectivity index (χ1) is 9.93. The molecule has 1 heterocycles. The smallest absolute Gasteiger partial charge is 0.326 e. The van der Waals surface area contributed by atoms with Crippen molar-refractivity contribution in [3.63, 3.8) is 0 Å². The molecule has 0 unspecified atom stereocenters. The van der Waals surface area contributed by atoms with E-state index in [0.717, 1.165) is 0 Å². The summed E-state index contributed by atoms with van der Waals surface area (Å²) in [6.45, 7) is 1.65. The van der Waals surface area contributed by atoms with E-state index >= 15 is 0 Å². The molecule has 0 bridgehead atoms. The minimum Gasteiger partial charge on any atom is -0.480 e. The molecule has 0 radical (unpaired) electrons. The van der Waals surface area contributed by atoms with Crippen molar-refractivity contribution in [2.75, 3.05) is 6.54 Å². The zero-order chi connectivity index (χ0) is 15.8. The van der Waals surface area contributed by atoms with Gasteiger partial charge in [-0.05, 0) is 6.92 Å². The Morgan fingerprint density at radius 1 is 1.43 bits per heavy atom. The van der Waals surface area contributed by atoms with Gasteiger partial charge in [-0.1, -0.05) is 0 Å². The molecule has 1 aromatic heterocycles. The fraction of sp³-hybridized carbons (Fsp3) is 0.500. The predicted molar refractivity (Wildman–Crippen MR) is 73.1 cm³/mol. The van der Waals surface area contributed by atoms with Gasteiger partial charge in [-0.3, -0.25) is 9.59 Å². The monoisotopic (exact) mass is 297 g/mol. The summed E-state index contributed by atoms with van der Waals surface area (Å²) in [5, 5.41) is 13.9. The van der Waals surface area contributed by atoms with Crippen LogP contribution < -0.4 is 16.4 Å². The third-order valence-electron chi connectivity index (χ3n) is 2.74. The second-order valence-corrected chi connectivity index (χ2v) is 4.51. The first kappa shape index (κ1) is 16.6. The van der Waals surface area contributed by atoms with Crippen LogP contribution in [-0.4, -0.2) is 51.5 Å². The number of carbonyl (C=O) groups excluding carboxylic acids is 2. The van der Waals surface area contributed by atoms with E-state index in [1.54, 1.807) is 0 Å². The number of aromatic amines is 1. The van der Waals surface area contributed by atoms with E-state index in [2.05, 4.69) is 20.6 Å². The number of H-pyrrole nitrogens is 1. The van der Waals surface area contributed by atoms with E-state index in [9.17, 15) is 14.4 Å². The van der Waals surface area contributed by atoms with Gasteiger partial charge >= 0.3 is 5.97 Å². The number of aromatic nitrogens is 2. The van der Waals surface area contributed by atoms with Crippen molar-refractivity contribution in [2.45, 2.75) is 31.8 Å². The number of rotatable bonds is 8. The van der Waals surface area contributed by atoms with Gasteiger partial charge in [0, 0.05) is 31.3 Å². The van der Waals surface area contributed by atoms with Gasteiger partial charge in [0.05, 0.1) is 6.33 Å². The third-order valence-corrected chi connectivity index (χ3v) is 2.74. The highest BCUT2D eigenvalue weighted by Gasteiger charge is 2.24. The number of nitrogens with zero attached hydrogens (tertiary/aromatic N) is 1. The maximum atomic E-state index is 11.9. The van der Waals surface area contributed by atoms with E-state index in [4.69, 9.17) is 10.8 Å².